The Morgan fingerprint density at radius 2 is 2.07 bits per heavy atom. The monoisotopic (exact) mass is 472 g/mol. The molecule has 1 saturated carbocycles. The SMILES string of the molecule is CC(=O)OCc1nc2cc(OCC3CC3)c(Br)cc2n1COCCS(C)(C)C. The lowest BCUT2D eigenvalue weighted by atomic mass is 10.3. The van der Waals surface area contributed by atoms with Crippen LogP contribution in [0.3, 0.4) is 0 Å². The van der Waals surface area contributed by atoms with Crippen molar-refractivity contribution in [2.45, 2.75) is 33.1 Å². The Kier molecular flexibility index (Phi) is 6.94. The second kappa shape index (κ2) is 9.05. The van der Waals surface area contributed by atoms with Crippen molar-refractivity contribution in [1.29, 1.82) is 0 Å². The molecule has 1 aromatic heterocycles. The molecule has 28 heavy (non-hydrogen) atoms. The molecule has 0 atom stereocenters. The largest absolute Gasteiger partial charge is 0.492 e. The second-order valence-corrected chi connectivity index (χ2v) is 13.5. The highest BCUT2D eigenvalue weighted by atomic mass is 79.9. The smallest absolute Gasteiger partial charge is 0.303 e. The summed E-state index contributed by atoms with van der Waals surface area (Å²) in [6, 6.07) is 3.94. The summed E-state index contributed by atoms with van der Waals surface area (Å²) in [5.41, 5.74) is 1.73. The lowest BCUT2D eigenvalue weighted by Crippen LogP contribution is -2.13. The number of halogens is 1. The number of carbonyl (C=O) groups is 1. The van der Waals surface area contributed by atoms with Gasteiger partial charge in [-0.1, -0.05) is 0 Å². The van der Waals surface area contributed by atoms with Crippen LogP contribution in [0.15, 0.2) is 16.6 Å². The number of nitrogens with zero attached hydrogens (tertiary/aromatic N) is 2. The van der Waals surface area contributed by atoms with Crippen molar-refractivity contribution in [3.8, 4) is 5.75 Å². The van der Waals surface area contributed by atoms with Gasteiger partial charge in [-0.25, -0.2) is 15.0 Å². The fraction of sp³-hybridized carbons (Fsp3) is 0.600. The molecule has 0 bridgehead atoms. The summed E-state index contributed by atoms with van der Waals surface area (Å²) in [4.78, 5) is 15.9. The number of benzene rings is 1. The van der Waals surface area contributed by atoms with Gasteiger partial charge in [-0.2, -0.15) is 0 Å². The average Bonchev–Trinajstić information content (AvgIpc) is 3.37. The van der Waals surface area contributed by atoms with Crippen LogP contribution in [0.25, 0.3) is 11.0 Å². The van der Waals surface area contributed by atoms with Gasteiger partial charge in [-0.05, 0) is 59.5 Å². The van der Waals surface area contributed by atoms with Crippen LogP contribution in [-0.4, -0.2) is 53.3 Å². The van der Waals surface area contributed by atoms with E-state index in [1.807, 2.05) is 16.7 Å². The third kappa shape index (κ3) is 6.12. The molecule has 8 heteroatoms. The molecular weight excluding hydrogens is 444 g/mol. The maximum Gasteiger partial charge on any atom is 0.303 e. The van der Waals surface area contributed by atoms with E-state index in [-0.39, 0.29) is 12.6 Å². The summed E-state index contributed by atoms with van der Waals surface area (Å²) < 4.78 is 19.9. The molecule has 0 radical (unpaired) electrons. The van der Waals surface area contributed by atoms with Crippen LogP contribution in [0.2, 0.25) is 0 Å². The highest BCUT2D eigenvalue weighted by Gasteiger charge is 2.23. The number of imidazole rings is 1. The van der Waals surface area contributed by atoms with E-state index >= 15 is 0 Å². The van der Waals surface area contributed by atoms with Crippen LogP contribution in [0.1, 0.15) is 25.6 Å². The number of rotatable bonds is 10. The van der Waals surface area contributed by atoms with Crippen molar-refractivity contribution in [1.82, 2.24) is 9.55 Å². The van der Waals surface area contributed by atoms with E-state index in [4.69, 9.17) is 14.2 Å². The van der Waals surface area contributed by atoms with Crippen molar-refractivity contribution in [3.63, 3.8) is 0 Å². The number of fused-ring (bicyclic) bond motifs is 1. The van der Waals surface area contributed by atoms with E-state index in [9.17, 15) is 4.79 Å². The van der Waals surface area contributed by atoms with E-state index in [0.717, 1.165) is 33.6 Å². The van der Waals surface area contributed by atoms with Gasteiger partial charge in [0.05, 0.1) is 28.7 Å². The molecule has 0 saturated heterocycles. The molecule has 2 aromatic rings. The third-order valence-corrected chi connectivity index (χ3v) is 6.53. The zero-order valence-corrected chi connectivity index (χ0v) is 19.4. The first-order chi connectivity index (χ1) is 13.2. The molecule has 0 N–H and O–H groups in total. The first-order valence-corrected chi connectivity index (χ1v) is 13.2. The standard InChI is InChI=1S/C20H29BrN2O4S/c1-14(24)26-12-20-22-17-10-19(27-11-15-5-6-15)16(21)9-18(17)23(20)13-25-7-8-28(2,3)4/h9-10,15H,5-8,11-13H2,1-4H3. The molecule has 0 unspecified atom stereocenters. The molecule has 1 aliphatic carbocycles. The Balaban J connectivity index is 1.80. The zero-order chi connectivity index (χ0) is 20.3. The van der Waals surface area contributed by atoms with Crippen LogP contribution in [0.5, 0.6) is 5.75 Å². The Labute approximate surface area is 176 Å². The first kappa shape index (κ1) is 21.5. The Bertz CT molecular complexity index is 843. The summed E-state index contributed by atoms with van der Waals surface area (Å²) in [5, 5.41) is 0. The quantitative estimate of drug-likeness (QED) is 0.380. The van der Waals surface area contributed by atoms with E-state index in [2.05, 4.69) is 39.7 Å². The van der Waals surface area contributed by atoms with Crippen LogP contribution < -0.4 is 4.74 Å². The van der Waals surface area contributed by atoms with E-state index in [1.165, 1.54) is 19.8 Å². The Morgan fingerprint density at radius 3 is 2.71 bits per heavy atom. The highest BCUT2D eigenvalue weighted by Crippen LogP contribution is 2.35. The molecule has 6 nitrogen and oxygen atoms in total. The topological polar surface area (TPSA) is 62.6 Å². The minimum Gasteiger partial charge on any atom is -0.492 e. The van der Waals surface area contributed by atoms with Gasteiger partial charge in [0.25, 0.3) is 0 Å². The molecule has 156 valence electrons. The fourth-order valence-electron chi connectivity index (χ4n) is 2.66. The van der Waals surface area contributed by atoms with Crippen LogP contribution in [0, 0.1) is 5.92 Å². The predicted octanol–water partition coefficient (Wildman–Crippen LogP) is 4.32. The van der Waals surface area contributed by atoms with E-state index < -0.39 is 10.0 Å². The van der Waals surface area contributed by atoms with Crippen molar-refractivity contribution in [2.24, 2.45) is 5.92 Å². The molecule has 3 rings (SSSR count). The average molecular weight is 473 g/mol. The Hall–Kier alpha value is -1.25. The van der Waals surface area contributed by atoms with Crippen LogP contribution in [-0.2, 0) is 27.6 Å². The summed E-state index contributed by atoms with van der Waals surface area (Å²) >= 11 is 3.61. The van der Waals surface area contributed by atoms with Crippen molar-refractivity contribution in [2.75, 3.05) is 37.7 Å². The molecular formula is C20H29BrN2O4S. The number of hydrogen-bond donors (Lipinski definition) is 0. The summed E-state index contributed by atoms with van der Waals surface area (Å²) in [6.45, 7) is 3.32. The van der Waals surface area contributed by atoms with Crippen LogP contribution in [0.4, 0.5) is 0 Å². The minimum absolute atomic E-state index is 0.119. The van der Waals surface area contributed by atoms with Crippen molar-refractivity contribution >= 4 is 43.0 Å². The number of hydrogen-bond acceptors (Lipinski definition) is 5. The lowest BCUT2D eigenvalue weighted by molar-refractivity contribution is -0.142. The predicted molar refractivity (Wildman–Crippen MR) is 117 cm³/mol. The number of esters is 1. The van der Waals surface area contributed by atoms with Gasteiger partial charge in [0, 0.05) is 18.7 Å². The maximum atomic E-state index is 11.3. The van der Waals surface area contributed by atoms with Crippen molar-refractivity contribution < 1.29 is 19.0 Å². The summed E-state index contributed by atoms with van der Waals surface area (Å²) in [7, 11) is -0.603. The van der Waals surface area contributed by atoms with Gasteiger partial charge >= 0.3 is 5.97 Å². The molecule has 1 fully saturated rings. The normalized spacial score (nSPS) is 15.0. The third-order valence-electron chi connectivity index (χ3n) is 4.52. The molecule has 1 aliphatic rings. The van der Waals surface area contributed by atoms with Gasteiger partial charge in [-0.3, -0.25) is 4.79 Å². The molecule has 0 aliphatic heterocycles. The summed E-state index contributed by atoms with van der Waals surface area (Å²) in [6.07, 6.45) is 9.31. The van der Waals surface area contributed by atoms with Crippen LogP contribution >= 0.6 is 26.0 Å². The maximum absolute atomic E-state index is 11.3. The first-order valence-electron chi connectivity index (χ1n) is 9.41. The molecule has 0 spiro atoms. The zero-order valence-electron chi connectivity index (χ0n) is 17.0. The molecule has 1 heterocycles. The van der Waals surface area contributed by atoms with Gasteiger partial charge in [0.2, 0.25) is 0 Å². The molecule has 0 amide bonds. The highest BCUT2D eigenvalue weighted by molar-refractivity contribution is 9.10. The second-order valence-electron chi connectivity index (χ2n) is 8.09. The van der Waals surface area contributed by atoms with Gasteiger partial charge in [0.15, 0.2) is 0 Å². The fourth-order valence-corrected chi connectivity index (χ4v) is 3.73. The van der Waals surface area contributed by atoms with Gasteiger partial charge in [-0.15, -0.1) is 0 Å². The number of aromatic nitrogens is 2. The van der Waals surface area contributed by atoms with E-state index in [1.54, 1.807) is 0 Å². The van der Waals surface area contributed by atoms with Gasteiger partial charge < -0.3 is 18.8 Å². The Morgan fingerprint density at radius 1 is 1.32 bits per heavy atom. The number of ether oxygens (including phenoxy) is 3. The lowest BCUT2D eigenvalue weighted by Gasteiger charge is -2.24. The molecule has 1 aromatic carbocycles. The minimum atomic E-state index is -0.603. The van der Waals surface area contributed by atoms with Gasteiger partial charge in [0.1, 0.15) is 24.9 Å². The van der Waals surface area contributed by atoms with Crippen molar-refractivity contribution in [3.05, 3.63) is 22.4 Å². The number of carbonyl (C=O) groups excluding carboxylic acids is 1. The summed E-state index contributed by atoms with van der Waals surface area (Å²) in [5.74, 6) is 2.85. The van der Waals surface area contributed by atoms with E-state index in [0.29, 0.717) is 25.1 Å².